The molecule has 1 aliphatic rings. The van der Waals surface area contributed by atoms with Gasteiger partial charge in [-0.25, -0.2) is 0 Å². The Balaban J connectivity index is 0.000000343. The van der Waals surface area contributed by atoms with Crippen LogP contribution in [0.15, 0.2) is 109 Å². The van der Waals surface area contributed by atoms with E-state index in [1.54, 1.807) is 26.4 Å². The Bertz CT molecular complexity index is 2110. The molecule has 0 spiro atoms. The standard InChI is InChI=1S/C32H41ClO7Si.C16H17ClO2.CH4/c1-6-39-23-11-8-20(9-12-23)32(41(3,4)5)24-16-19(7-13-25(24)33)15-22-17-21(10-14-26(22)38-2)31-30(37)29(36)28(35)27(18-34)40-31;1-3-19-13-10-8-12(9-11-13)16(18-2)14-6-4-5-7-15(14)17;/h7-14,16-17,27-32,34-37H,6,15,18H2,1-5H3;4-11,16H,3H2,1-2H3;1H4/t27-,28-,29+,30-,31+,32?;;/m1../s1. The third-order valence-corrected chi connectivity index (χ3v) is 13.7. The first-order valence-electron chi connectivity index (χ1n) is 20.2. The summed E-state index contributed by atoms with van der Waals surface area (Å²) in [5.41, 5.74) is 6.98. The zero-order valence-electron chi connectivity index (χ0n) is 35.3. The van der Waals surface area contributed by atoms with Gasteiger partial charge in [0.15, 0.2) is 0 Å². The highest BCUT2D eigenvalue weighted by atomic mass is 35.5. The van der Waals surface area contributed by atoms with Crippen LogP contribution in [0.2, 0.25) is 29.7 Å². The average Bonchev–Trinajstić information content (AvgIpc) is 3.23. The molecule has 0 saturated carbocycles. The van der Waals surface area contributed by atoms with E-state index >= 15 is 0 Å². The van der Waals surface area contributed by atoms with Crippen molar-refractivity contribution in [2.75, 3.05) is 34.0 Å². The highest BCUT2D eigenvalue weighted by molar-refractivity contribution is 6.78. The molecule has 6 rings (SSSR count). The van der Waals surface area contributed by atoms with E-state index in [0.29, 0.717) is 36.0 Å². The normalized spacial score (nSPS) is 19.7. The Morgan fingerprint density at radius 2 is 1.28 bits per heavy atom. The van der Waals surface area contributed by atoms with E-state index in [1.165, 1.54) is 5.56 Å². The van der Waals surface area contributed by atoms with Crippen LogP contribution in [0.4, 0.5) is 0 Å². The van der Waals surface area contributed by atoms with Crippen LogP contribution in [0.25, 0.3) is 0 Å². The molecule has 0 amide bonds. The third-order valence-electron chi connectivity index (χ3n) is 10.6. The number of ether oxygens (including phenoxy) is 5. The summed E-state index contributed by atoms with van der Waals surface area (Å²) in [7, 11) is 1.50. The van der Waals surface area contributed by atoms with Gasteiger partial charge < -0.3 is 44.1 Å². The molecule has 7 atom stereocenters. The maximum Gasteiger partial charge on any atom is 0.122 e. The lowest BCUT2D eigenvalue weighted by Gasteiger charge is -2.40. The summed E-state index contributed by atoms with van der Waals surface area (Å²) in [6, 6.07) is 35.5. The van der Waals surface area contributed by atoms with E-state index in [0.717, 1.165) is 44.3 Å². The number of benzene rings is 5. The SMILES string of the molecule is C.CCOc1ccc(C(OC)c2ccccc2Cl)cc1.CCOc1ccc(C(c2cc(Cc3cc([C@@H]4O[C@H](CO)[C@@H](O)[C@H](O)[C@H]4O)ccc3OC)ccc2Cl)[Si](C)(C)C)cc1. The highest BCUT2D eigenvalue weighted by Crippen LogP contribution is 2.40. The maximum atomic E-state index is 10.7. The second-order valence-electron chi connectivity index (χ2n) is 15.8. The molecule has 2 unspecified atom stereocenters. The minimum absolute atomic E-state index is 0. The Morgan fingerprint density at radius 3 is 1.82 bits per heavy atom. The van der Waals surface area contributed by atoms with Crippen molar-refractivity contribution >= 4 is 31.3 Å². The predicted octanol–water partition coefficient (Wildman–Crippen LogP) is 9.97. The van der Waals surface area contributed by atoms with Crippen molar-refractivity contribution in [3.8, 4) is 17.2 Å². The molecule has 0 aliphatic carbocycles. The lowest BCUT2D eigenvalue weighted by Crippen LogP contribution is -2.55. The fraction of sp³-hybridized carbons (Fsp3) is 0.388. The van der Waals surface area contributed by atoms with Gasteiger partial charge in [0.05, 0.1) is 35.0 Å². The summed E-state index contributed by atoms with van der Waals surface area (Å²) in [6.45, 7) is 11.8. The van der Waals surface area contributed by atoms with Crippen LogP contribution in [-0.4, -0.2) is 87.0 Å². The van der Waals surface area contributed by atoms with E-state index in [1.807, 2.05) is 92.7 Å². The van der Waals surface area contributed by atoms with Gasteiger partial charge in [0.1, 0.15) is 53.9 Å². The quantitative estimate of drug-likeness (QED) is 0.0760. The van der Waals surface area contributed by atoms with Crippen molar-refractivity contribution in [1.29, 1.82) is 0 Å². The maximum absolute atomic E-state index is 10.7. The molecule has 0 aromatic heterocycles. The number of methoxy groups -OCH3 is 2. The van der Waals surface area contributed by atoms with Crippen LogP contribution >= 0.6 is 23.2 Å². The molecular formula is C49H62Cl2O9Si. The van der Waals surface area contributed by atoms with E-state index in [2.05, 4.69) is 37.8 Å². The monoisotopic (exact) mass is 892 g/mol. The Morgan fingerprint density at radius 1 is 0.689 bits per heavy atom. The van der Waals surface area contributed by atoms with E-state index < -0.39 is 45.2 Å². The van der Waals surface area contributed by atoms with Crippen molar-refractivity contribution in [2.45, 2.75) is 89.5 Å². The number of rotatable bonds is 15. The van der Waals surface area contributed by atoms with Crippen molar-refractivity contribution in [1.82, 2.24) is 0 Å². The molecule has 61 heavy (non-hydrogen) atoms. The smallest absolute Gasteiger partial charge is 0.122 e. The molecule has 1 saturated heterocycles. The van der Waals surface area contributed by atoms with Crippen molar-refractivity contribution in [3.63, 3.8) is 0 Å². The van der Waals surface area contributed by atoms with Crippen molar-refractivity contribution < 1.29 is 44.1 Å². The lowest BCUT2D eigenvalue weighted by molar-refractivity contribution is -0.231. The minimum atomic E-state index is -1.79. The zero-order valence-corrected chi connectivity index (χ0v) is 37.9. The van der Waals surface area contributed by atoms with Gasteiger partial charge in [-0.15, -0.1) is 0 Å². The first kappa shape index (κ1) is 49.7. The van der Waals surface area contributed by atoms with Gasteiger partial charge in [0.25, 0.3) is 0 Å². The molecule has 1 aliphatic heterocycles. The van der Waals surface area contributed by atoms with E-state index in [9.17, 15) is 20.4 Å². The lowest BCUT2D eigenvalue weighted by atomic mass is 9.89. The Hall–Kier alpha value is -3.94. The van der Waals surface area contributed by atoms with E-state index in [4.69, 9.17) is 46.9 Å². The molecule has 4 N–H and O–H groups in total. The van der Waals surface area contributed by atoms with Crippen LogP contribution in [0.5, 0.6) is 17.2 Å². The van der Waals surface area contributed by atoms with Crippen LogP contribution < -0.4 is 14.2 Å². The summed E-state index contributed by atoms with van der Waals surface area (Å²) in [4.78, 5) is 0. The fourth-order valence-electron chi connectivity index (χ4n) is 7.74. The van der Waals surface area contributed by atoms with Gasteiger partial charge in [-0.3, -0.25) is 0 Å². The van der Waals surface area contributed by atoms with Crippen molar-refractivity contribution in [2.24, 2.45) is 0 Å². The van der Waals surface area contributed by atoms with Crippen LogP contribution in [-0.2, 0) is 15.9 Å². The van der Waals surface area contributed by atoms with Crippen molar-refractivity contribution in [3.05, 3.63) is 158 Å². The number of aliphatic hydroxyl groups excluding tert-OH is 4. The zero-order chi connectivity index (χ0) is 43.6. The molecule has 0 bridgehead atoms. The number of halogens is 2. The molecular weight excluding hydrogens is 832 g/mol. The third kappa shape index (κ3) is 12.4. The second-order valence-corrected chi connectivity index (χ2v) is 21.9. The van der Waals surface area contributed by atoms with Gasteiger partial charge >= 0.3 is 0 Å². The highest BCUT2D eigenvalue weighted by Gasteiger charge is 2.44. The molecule has 0 radical (unpaired) electrons. The molecule has 12 heteroatoms. The summed E-state index contributed by atoms with van der Waals surface area (Å²) in [5, 5.41) is 42.2. The van der Waals surface area contributed by atoms with Gasteiger partial charge in [0, 0.05) is 34.7 Å². The number of aliphatic hydroxyl groups is 4. The number of hydrogen-bond donors (Lipinski definition) is 4. The fourth-order valence-corrected chi connectivity index (χ4v) is 10.7. The topological polar surface area (TPSA) is 127 Å². The predicted molar refractivity (Wildman–Crippen MR) is 247 cm³/mol. The molecule has 5 aromatic rings. The van der Waals surface area contributed by atoms with Gasteiger partial charge in [-0.05, 0) is 95.8 Å². The summed E-state index contributed by atoms with van der Waals surface area (Å²) in [6.07, 6.45) is -5.76. The van der Waals surface area contributed by atoms with E-state index in [-0.39, 0.29) is 19.1 Å². The second kappa shape index (κ2) is 22.9. The summed E-state index contributed by atoms with van der Waals surface area (Å²) in [5.74, 6) is 2.38. The molecule has 5 aromatic carbocycles. The molecule has 9 nitrogen and oxygen atoms in total. The largest absolute Gasteiger partial charge is 0.496 e. The van der Waals surface area contributed by atoms with Gasteiger partial charge in [-0.1, -0.05) is 111 Å². The average molecular weight is 894 g/mol. The summed E-state index contributed by atoms with van der Waals surface area (Å²) >= 11 is 13.1. The molecule has 1 fully saturated rings. The molecule has 1 heterocycles. The molecule has 330 valence electrons. The van der Waals surface area contributed by atoms with Crippen LogP contribution in [0.1, 0.15) is 78.0 Å². The number of hydrogen-bond acceptors (Lipinski definition) is 9. The summed E-state index contributed by atoms with van der Waals surface area (Å²) < 4.78 is 28.1. The van der Waals surface area contributed by atoms with Gasteiger partial charge in [-0.2, -0.15) is 0 Å². The van der Waals surface area contributed by atoms with Crippen LogP contribution in [0, 0.1) is 0 Å². The Kier molecular flexibility index (Phi) is 18.7. The van der Waals surface area contributed by atoms with Crippen LogP contribution in [0.3, 0.4) is 0 Å². The first-order valence-corrected chi connectivity index (χ1v) is 24.6. The first-order chi connectivity index (χ1) is 28.7. The Labute approximate surface area is 372 Å². The minimum Gasteiger partial charge on any atom is -0.496 e. The van der Waals surface area contributed by atoms with Gasteiger partial charge in [0.2, 0.25) is 0 Å².